The molecule has 0 amide bonds. The van der Waals surface area contributed by atoms with Gasteiger partial charge in [-0.1, -0.05) is 0 Å². The number of alkyl halides is 1. The number of benzene rings is 1. The van der Waals surface area contributed by atoms with Crippen LogP contribution in [0.1, 0.15) is 12.0 Å². The summed E-state index contributed by atoms with van der Waals surface area (Å²) >= 11 is 5.59. The van der Waals surface area contributed by atoms with Gasteiger partial charge < -0.3 is 9.14 Å². The molecule has 0 unspecified atom stereocenters. The highest BCUT2D eigenvalue weighted by Gasteiger charge is 2.11. The minimum absolute atomic E-state index is 0.344. The first kappa shape index (κ1) is 14.9. The van der Waals surface area contributed by atoms with E-state index in [0.717, 1.165) is 17.6 Å². The molecule has 1 aromatic carbocycles. The fraction of sp³-hybridized carbons (Fsp3) is 0.235. The Morgan fingerprint density at radius 3 is 2.91 bits per heavy atom. The molecule has 0 saturated heterocycles. The first-order valence-corrected chi connectivity index (χ1v) is 7.65. The van der Waals surface area contributed by atoms with Crippen molar-refractivity contribution in [1.29, 1.82) is 0 Å². The minimum atomic E-state index is -0.344. The van der Waals surface area contributed by atoms with Crippen LogP contribution in [-0.2, 0) is 0 Å². The predicted molar refractivity (Wildman–Crippen MR) is 86.2 cm³/mol. The molecule has 0 N–H and O–H groups in total. The Kier molecular flexibility index (Phi) is 4.29. The third kappa shape index (κ3) is 3.07. The number of ether oxygens (including phenoxy) is 1. The van der Waals surface area contributed by atoms with E-state index in [0.29, 0.717) is 29.5 Å². The monoisotopic (exact) mass is 318 g/mol. The summed E-state index contributed by atoms with van der Waals surface area (Å²) in [6.07, 6.45) is 4.47. The number of halogens is 2. The number of aromatic nitrogens is 2. The Hall–Kier alpha value is -2.07. The summed E-state index contributed by atoms with van der Waals surface area (Å²) < 4.78 is 21.6. The molecular weight excluding hydrogens is 303 g/mol. The van der Waals surface area contributed by atoms with Gasteiger partial charge in [-0.25, -0.2) is 9.37 Å². The lowest BCUT2D eigenvalue weighted by molar-refractivity contribution is 0.317. The van der Waals surface area contributed by atoms with Crippen molar-refractivity contribution in [1.82, 2.24) is 9.38 Å². The van der Waals surface area contributed by atoms with Crippen molar-refractivity contribution in [3.63, 3.8) is 0 Å². The molecule has 2 heterocycles. The average Bonchev–Trinajstić information content (AvgIpc) is 2.90. The van der Waals surface area contributed by atoms with Gasteiger partial charge >= 0.3 is 0 Å². The van der Waals surface area contributed by atoms with E-state index in [2.05, 4.69) is 4.98 Å². The second-order valence-electron chi connectivity index (χ2n) is 5.13. The van der Waals surface area contributed by atoms with Crippen LogP contribution >= 0.6 is 11.6 Å². The summed E-state index contributed by atoms with van der Waals surface area (Å²) in [4.78, 5) is 4.47. The second kappa shape index (κ2) is 6.36. The maximum atomic E-state index is 14.3. The van der Waals surface area contributed by atoms with Crippen LogP contribution in [0.2, 0.25) is 0 Å². The maximum Gasteiger partial charge on any atom is 0.137 e. The normalized spacial score (nSPS) is 11.0. The Balaban J connectivity index is 1.89. The zero-order valence-corrected chi connectivity index (χ0v) is 13.0. The van der Waals surface area contributed by atoms with E-state index in [1.807, 2.05) is 35.9 Å². The van der Waals surface area contributed by atoms with E-state index in [-0.39, 0.29) is 5.82 Å². The van der Waals surface area contributed by atoms with Gasteiger partial charge in [0.15, 0.2) is 0 Å². The number of hydrogen-bond acceptors (Lipinski definition) is 2. The highest BCUT2D eigenvalue weighted by molar-refractivity contribution is 6.17. The fourth-order valence-corrected chi connectivity index (χ4v) is 2.36. The number of fused-ring (bicyclic) bond motifs is 1. The number of pyridine rings is 1. The van der Waals surface area contributed by atoms with Gasteiger partial charge in [-0.2, -0.15) is 0 Å². The SMILES string of the molecule is Cc1ccn2cc(-c3ccc(OCCCCl)cc3F)nc2c1. The van der Waals surface area contributed by atoms with Crippen LogP contribution in [0.15, 0.2) is 42.7 Å². The van der Waals surface area contributed by atoms with Gasteiger partial charge in [-0.15, -0.1) is 11.6 Å². The van der Waals surface area contributed by atoms with Crippen molar-refractivity contribution < 1.29 is 9.13 Å². The van der Waals surface area contributed by atoms with Crippen LogP contribution in [-0.4, -0.2) is 21.9 Å². The van der Waals surface area contributed by atoms with Crippen molar-refractivity contribution in [3.8, 4) is 17.0 Å². The molecule has 3 nitrogen and oxygen atoms in total. The summed E-state index contributed by atoms with van der Waals surface area (Å²) in [5.74, 6) is 0.691. The molecule has 0 aliphatic heterocycles. The van der Waals surface area contributed by atoms with Crippen molar-refractivity contribution in [2.75, 3.05) is 12.5 Å². The van der Waals surface area contributed by atoms with Gasteiger partial charge in [0, 0.05) is 29.9 Å². The lowest BCUT2D eigenvalue weighted by Crippen LogP contribution is -1.98. The van der Waals surface area contributed by atoms with Gasteiger partial charge in [-0.05, 0) is 43.2 Å². The maximum absolute atomic E-state index is 14.3. The van der Waals surface area contributed by atoms with Gasteiger partial charge in [0.25, 0.3) is 0 Å². The average molecular weight is 319 g/mol. The number of rotatable bonds is 5. The molecule has 0 radical (unpaired) electrons. The Labute approximate surface area is 133 Å². The van der Waals surface area contributed by atoms with Gasteiger partial charge in [0.2, 0.25) is 0 Å². The standard InChI is InChI=1S/C17H16ClFN2O/c1-12-5-7-21-11-16(20-17(21)9-12)14-4-3-13(10-15(14)19)22-8-2-6-18/h3-5,7,9-11H,2,6,8H2,1H3. The van der Waals surface area contributed by atoms with E-state index >= 15 is 0 Å². The van der Waals surface area contributed by atoms with Crippen LogP contribution in [0.4, 0.5) is 4.39 Å². The second-order valence-corrected chi connectivity index (χ2v) is 5.51. The molecule has 0 aliphatic carbocycles. The smallest absolute Gasteiger partial charge is 0.137 e. The molecule has 22 heavy (non-hydrogen) atoms. The van der Waals surface area contributed by atoms with E-state index in [4.69, 9.17) is 16.3 Å². The molecule has 0 fully saturated rings. The highest BCUT2D eigenvalue weighted by Crippen LogP contribution is 2.26. The Bertz CT molecular complexity index is 800. The van der Waals surface area contributed by atoms with Crippen LogP contribution in [0.3, 0.4) is 0 Å². The molecule has 3 rings (SSSR count). The first-order chi connectivity index (χ1) is 10.7. The zero-order valence-electron chi connectivity index (χ0n) is 12.2. The van der Waals surface area contributed by atoms with Crippen LogP contribution in [0, 0.1) is 12.7 Å². The Morgan fingerprint density at radius 1 is 1.27 bits per heavy atom. The van der Waals surface area contributed by atoms with Gasteiger partial charge in [-0.3, -0.25) is 0 Å². The van der Waals surface area contributed by atoms with Crippen LogP contribution in [0.25, 0.3) is 16.9 Å². The van der Waals surface area contributed by atoms with Gasteiger partial charge in [0.1, 0.15) is 17.2 Å². The molecule has 0 aliphatic rings. The van der Waals surface area contributed by atoms with Crippen molar-refractivity contribution in [2.45, 2.75) is 13.3 Å². The van der Waals surface area contributed by atoms with E-state index in [1.165, 1.54) is 6.07 Å². The lowest BCUT2D eigenvalue weighted by Gasteiger charge is -2.06. The summed E-state index contributed by atoms with van der Waals surface area (Å²) in [5.41, 5.74) is 2.99. The van der Waals surface area contributed by atoms with Crippen molar-refractivity contribution in [3.05, 3.63) is 54.1 Å². The number of hydrogen-bond donors (Lipinski definition) is 0. The van der Waals surface area contributed by atoms with E-state index in [1.54, 1.807) is 12.1 Å². The Morgan fingerprint density at radius 2 is 2.14 bits per heavy atom. The third-order valence-corrected chi connectivity index (χ3v) is 3.65. The molecule has 114 valence electrons. The minimum Gasteiger partial charge on any atom is -0.493 e. The van der Waals surface area contributed by atoms with Gasteiger partial charge in [0.05, 0.1) is 12.3 Å². The fourth-order valence-electron chi connectivity index (χ4n) is 2.25. The third-order valence-electron chi connectivity index (χ3n) is 3.38. The molecular formula is C17H16ClFN2O. The molecule has 5 heteroatoms. The largest absolute Gasteiger partial charge is 0.493 e. The number of aryl methyl sites for hydroxylation is 1. The molecule has 3 aromatic rings. The number of nitrogens with zero attached hydrogens (tertiary/aromatic N) is 2. The van der Waals surface area contributed by atoms with Crippen molar-refractivity contribution in [2.24, 2.45) is 0 Å². The topological polar surface area (TPSA) is 26.5 Å². The summed E-state index contributed by atoms with van der Waals surface area (Å²) in [7, 11) is 0. The molecule has 0 saturated carbocycles. The predicted octanol–water partition coefficient (Wildman–Crippen LogP) is 4.46. The number of imidazole rings is 1. The molecule has 0 bridgehead atoms. The summed E-state index contributed by atoms with van der Waals surface area (Å²) in [6, 6.07) is 8.79. The summed E-state index contributed by atoms with van der Waals surface area (Å²) in [6.45, 7) is 2.48. The highest BCUT2D eigenvalue weighted by atomic mass is 35.5. The molecule has 0 atom stereocenters. The van der Waals surface area contributed by atoms with Crippen molar-refractivity contribution >= 4 is 17.2 Å². The molecule has 0 spiro atoms. The zero-order chi connectivity index (χ0) is 15.5. The van der Waals surface area contributed by atoms with Crippen LogP contribution < -0.4 is 4.74 Å². The quantitative estimate of drug-likeness (QED) is 0.513. The first-order valence-electron chi connectivity index (χ1n) is 7.11. The molecule has 2 aromatic heterocycles. The lowest BCUT2D eigenvalue weighted by atomic mass is 10.1. The van der Waals surface area contributed by atoms with E-state index in [9.17, 15) is 4.39 Å². The van der Waals surface area contributed by atoms with E-state index < -0.39 is 0 Å². The van der Waals surface area contributed by atoms with Crippen LogP contribution in [0.5, 0.6) is 5.75 Å². The summed E-state index contributed by atoms with van der Waals surface area (Å²) in [5, 5.41) is 0.